The molecule has 0 fully saturated rings. The van der Waals surface area contributed by atoms with Crippen LogP contribution in [0.4, 0.5) is 5.13 Å². The second-order valence-corrected chi connectivity index (χ2v) is 9.91. The number of aromatic carboxylic acids is 1. The molecule has 2 aromatic rings. The number of hydrogen-bond donors (Lipinski definition) is 2. The lowest BCUT2D eigenvalue weighted by Crippen LogP contribution is -2.27. The van der Waals surface area contributed by atoms with Crippen molar-refractivity contribution in [3.05, 3.63) is 11.2 Å². The number of carboxylic acids is 1. The SMILES string of the molecule is CCC(CCNc1nc(-c2ncnn2CCOC)c(C(=O)O)s1)=NC(=O)C1=NC(C)C(Cl)C1Br. The van der Waals surface area contributed by atoms with Gasteiger partial charge in [-0.05, 0) is 13.3 Å². The number of rotatable bonds is 11. The summed E-state index contributed by atoms with van der Waals surface area (Å²) in [5.41, 5.74) is 1.26. The molecule has 0 saturated heterocycles. The molecule has 0 spiro atoms. The van der Waals surface area contributed by atoms with Crippen molar-refractivity contribution in [2.24, 2.45) is 9.98 Å². The average molecular weight is 575 g/mol. The van der Waals surface area contributed by atoms with Crippen molar-refractivity contribution in [2.45, 2.75) is 49.5 Å². The topological polar surface area (TPSA) is 144 Å². The number of carboxylic acid groups (broad SMARTS) is 1. The van der Waals surface area contributed by atoms with Crippen LogP contribution in [-0.2, 0) is 16.1 Å². The zero-order chi connectivity index (χ0) is 24.8. The summed E-state index contributed by atoms with van der Waals surface area (Å²) < 4.78 is 6.62. The minimum Gasteiger partial charge on any atom is -0.477 e. The fourth-order valence-corrected chi connectivity index (χ4v) is 4.99. The van der Waals surface area contributed by atoms with Crippen LogP contribution >= 0.6 is 38.9 Å². The normalized spacial score (nSPS) is 20.4. The van der Waals surface area contributed by atoms with Crippen LogP contribution in [0.2, 0.25) is 0 Å². The summed E-state index contributed by atoms with van der Waals surface area (Å²) >= 11 is 10.7. The van der Waals surface area contributed by atoms with Gasteiger partial charge in [-0.2, -0.15) is 5.10 Å². The molecular formula is C20H25BrClN7O4S. The summed E-state index contributed by atoms with van der Waals surface area (Å²) in [6, 6.07) is -0.158. The van der Waals surface area contributed by atoms with Crippen LogP contribution in [0.1, 0.15) is 36.4 Å². The molecule has 3 unspecified atom stereocenters. The number of nitrogens with one attached hydrogen (secondary N) is 1. The van der Waals surface area contributed by atoms with Gasteiger partial charge >= 0.3 is 5.97 Å². The van der Waals surface area contributed by atoms with Gasteiger partial charge in [-0.15, -0.1) is 11.6 Å². The fourth-order valence-electron chi connectivity index (χ4n) is 3.24. The van der Waals surface area contributed by atoms with Gasteiger partial charge in [0.2, 0.25) is 0 Å². The first-order valence-electron chi connectivity index (χ1n) is 10.6. The Bertz CT molecular complexity index is 1100. The molecule has 11 nitrogen and oxygen atoms in total. The number of hydrogen-bond acceptors (Lipinski definition) is 9. The third kappa shape index (κ3) is 6.06. The van der Waals surface area contributed by atoms with Gasteiger partial charge in [-0.1, -0.05) is 34.2 Å². The smallest absolute Gasteiger partial charge is 0.348 e. The summed E-state index contributed by atoms with van der Waals surface area (Å²) in [5, 5.41) is 17.0. The summed E-state index contributed by atoms with van der Waals surface area (Å²) in [5.74, 6) is -1.14. The largest absolute Gasteiger partial charge is 0.477 e. The number of halogens is 2. The Morgan fingerprint density at radius 2 is 2.21 bits per heavy atom. The lowest BCUT2D eigenvalue weighted by molar-refractivity contribution is -0.111. The van der Waals surface area contributed by atoms with Gasteiger partial charge in [0.1, 0.15) is 22.6 Å². The van der Waals surface area contributed by atoms with Gasteiger partial charge in [0, 0.05) is 25.8 Å². The van der Waals surface area contributed by atoms with Crippen LogP contribution in [0.25, 0.3) is 11.5 Å². The number of aliphatic imine (C=N–C) groups is 2. The molecule has 3 heterocycles. The number of amides is 1. The minimum absolute atomic E-state index is 0.0566. The van der Waals surface area contributed by atoms with Gasteiger partial charge < -0.3 is 15.2 Å². The van der Waals surface area contributed by atoms with E-state index >= 15 is 0 Å². The standard InChI is InChI=1S/C20H25BrClN7O4S/c1-4-11(27-18(30)14-12(21)13(22)10(2)26-14)5-6-23-20-28-15(16(34-20)19(31)32)17-24-9-25-29(17)7-8-33-3/h9-10,12-13H,4-8H2,1-3H3,(H,23,28)(H,31,32). The zero-order valence-corrected chi connectivity index (χ0v) is 22.0. The van der Waals surface area contributed by atoms with Crippen LogP contribution in [0.5, 0.6) is 0 Å². The highest BCUT2D eigenvalue weighted by atomic mass is 79.9. The number of methoxy groups -OCH3 is 1. The van der Waals surface area contributed by atoms with Crippen LogP contribution < -0.4 is 5.32 Å². The second-order valence-electron chi connectivity index (χ2n) is 7.42. The van der Waals surface area contributed by atoms with E-state index < -0.39 is 11.9 Å². The quantitative estimate of drug-likeness (QED) is 0.308. The van der Waals surface area contributed by atoms with Crippen LogP contribution in [0.3, 0.4) is 0 Å². The fraction of sp³-hybridized carbons (Fsp3) is 0.550. The summed E-state index contributed by atoms with van der Waals surface area (Å²) in [4.78, 5) is 41.3. The van der Waals surface area contributed by atoms with Crippen molar-refractivity contribution in [3.63, 3.8) is 0 Å². The van der Waals surface area contributed by atoms with E-state index in [1.165, 1.54) is 6.33 Å². The summed E-state index contributed by atoms with van der Waals surface area (Å²) in [7, 11) is 1.57. The highest BCUT2D eigenvalue weighted by Crippen LogP contribution is 2.30. The molecular weight excluding hydrogens is 550 g/mol. The zero-order valence-electron chi connectivity index (χ0n) is 18.9. The number of carbonyl (C=O) groups excluding carboxylic acids is 1. The highest BCUT2D eigenvalue weighted by Gasteiger charge is 2.37. The molecule has 34 heavy (non-hydrogen) atoms. The molecule has 1 amide bonds. The Balaban J connectivity index is 1.68. The van der Waals surface area contributed by atoms with Gasteiger partial charge in [0.25, 0.3) is 5.91 Å². The van der Waals surface area contributed by atoms with Gasteiger partial charge in [0.05, 0.1) is 29.4 Å². The molecule has 3 rings (SSSR count). The van der Waals surface area contributed by atoms with E-state index in [4.69, 9.17) is 16.3 Å². The number of aromatic nitrogens is 4. The summed E-state index contributed by atoms with van der Waals surface area (Å²) in [6.07, 6.45) is 2.41. The number of ether oxygens (including phenoxy) is 1. The average Bonchev–Trinajstić information content (AvgIpc) is 3.51. The predicted octanol–water partition coefficient (Wildman–Crippen LogP) is 3.14. The lowest BCUT2D eigenvalue weighted by atomic mass is 10.1. The molecule has 1 aliphatic heterocycles. The number of thiazole rings is 1. The minimum atomic E-state index is -1.10. The second kappa shape index (κ2) is 12.0. The van der Waals surface area contributed by atoms with Crippen LogP contribution in [0, 0.1) is 0 Å². The lowest BCUT2D eigenvalue weighted by Gasteiger charge is -2.09. The van der Waals surface area contributed by atoms with E-state index in [0.717, 1.165) is 11.3 Å². The maximum atomic E-state index is 12.6. The molecule has 1 aliphatic rings. The predicted molar refractivity (Wildman–Crippen MR) is 135 cm³/mol. The van der Waals surface area contributed by atoms with E-state index in [0.29, 0.717) is 54.9 Å². The molecule has 0 bridgehead atoms. The van der Waals surface area contributed by atoms with E-state index in [9.17, 15) is 14.7 Å². The summed E-state index contributed by atoms with van der Waals surface area (Å²) in [6.45, 7) is 5.01. The van der Waals surface area contributed by atoms with E-state index in [-0.39, 0.29) is 26.8 Å². The van der Waals surface area contributed by atoms with Crippen molar-refractivity contribution in [1.82, 2.24) is 19.7 Å². The molecule has 0 radical (unpaired) electrons. The monoisotopic (exact) mass is 573 g/mol. The van der Waals surface area contributed by atoms with Crippen molar-refractivity contribution in [2.75, 3.05) is 25.6 Å². The van der Waals surface area contributed by atoms with Gasteiger partial charge in [-0.3, -0.25) is 9.79 Å². The highest BCUT2D eigenvalue weighted by molar-refractivity contribution is 9.10. The third-order valence-electron chi connectivity index (χ3n) is 5.08. The Morgan fingerprint density at radius 1 is 1.44 bits per heavy atom. The Hall–Kier alpha value is -2.22. The molecule has 0 saturated carbocycles. The van der Waals surface area contributed by atoms with Gasteiger partial charge in [-0.25, -0.2) is 24.4 Å². The maximum absolute atomic E-state index is 12.6. The van der Waals surface area contributed by atoms with Crippen molar-refractivity contribution >= 4 is 67.3 Å². The molecule has 184 valence electrons. The molecule has 14 heteroatoms. The molecule has 2 aromatic heterocycles. The van der Waals surface area contributed by atoms with Gasteiger partial charge in [0.15, 0.2) is 11.0 Å². The van der Waals surface area contributed by atoms with Crippen LogP contribution in [-0.4, -0.2) is 84.7 Å². The molecule has 3 atom stereocenters. The van der Waals surface area contributed by atoms with Crippen molar-refractivity contribution in [3.8, 4) is 11.5 Å². The first-order valence-corrected chi connectivity index (χ1v) is 12.7. The first kappa shape index (κ1) is 26.4. The van der Waals surface area contributed by atoms with E-state index in [2.05, 4.69) is 46.3 Å². The van der Waals surface area contributed by atoms with E-state index in [1.807, 2.05) is 13.8 Å². The van der Waals surface area contributed by atoms with Crippen molar-refractivity contribution in [1.29, 1.82) is 0 Å². The molecule has 0 aromatic carbocycles. The number of anilines is 1. The third-order valence-corrected chi connectivity index (χ3v) is 8.00. The number of nitrogens with zero attached hydrogens (tertiary/aromatic N) is 6. The van der Waals surface area contributed by atoms with Crippen molar-refractivity contribution < 1.29 is 19.4 Å². The Kier molecular flexibility index (Phi) is 9.28. The first-order chi connectivity index (χ1) is 16.3. The number of carbonyl (C=O) groups is 2. The Morgan fingerprint density at radius 3 is 2.82 bits per heavy atom. The number of alkyl halides is 2. The Labute approximate surface area is 213 Å². The maximum Gasteiger partial charge on any atom is 0.348 e. The molecule has 0 aliphatic carbocycles. The van der Waals surface area contributed by atoms with Crippen LogP contribution in [0.15, 0.2) is 16.3 Å². The molecule has 2 N–H and O–H groups in total. The van der Waals surface area contributed by atoms with E-state index in [1.54, 1.807) is 11.8 Å².